The van der Waals surface area contributed by atoms with Gasteiger partial charge < -0.3 is 4.57 Å². The van der Waals surface area contributed by atoms with E-state index in [9.17, 15) is 8.42 Å². The zero-order valence-electron chi connectivity index (χ0n) is 17.3. The van der Waals surface area contributed by atoms with Gasteiger partial charge >= 0.3 is 0 Å². The molecular formula is C21H29N5O2S. The van der Waals surface area contributed by atoms with Gasteiger partial charge in [0, 0.05) is 38.4 Å². The fraction of sp³-hybridized carbons (Fsp3) is 0.429. The van der Waals surface area contributed by atoms with Gasteiger partial charge in [-0.05, 0) is 25.5 Å². The average molecular weight is 416 g/mol. The standard InChI is InChI=1S/C21H29N5O2S/c1-4-29(27,28)21-22-14-20(17-24(2)15-19-13-23-25(3)16-19)26(21)12-8-11-18-9-6-5-7-10-18/h5-7,9-10,13-14,16H,4,8,11-12,15,17H2,1-3H3. The Kier molecular flexibility index (Phi) is 6.87. The minimum absolute atomic E-state index is 0.0493. The van der Waals surface area contributed by atoms with Gasteiger partial charge in [0.05, 0.1) is 23.8 Å². The molecule has 29 heavy (non-hydrogen) atoms. The number of benzene rings is 1. The van der Waals surface area contributed by atoms with Gasteiger partial charge in [-0.15, -0.1) is 0 Å². The Labute approximate surface area is 172 Å². The van der Waals surface area contributed by atoms with Crippen LogP contribution in [-0.4, -0.2) is 45.4 Å². The number of rotatable bonds is 10. The van der Waals surface area contributed by atoms with Crippen LogP contribution in [0.25, 0.3) is 0 Å². The molecule has 0 spiro atoms. The third kappa shape index (κ3) is 5.55. The Hall–Kier alpha value is -2.45. The number of hydrogen-bond acceptors (Lipinski definition) is 5. The molecule has 0 aliphatic carbocycles. The summed E-state index contributed by atoms with van der Waals surface area (Å²) in [6.45, 7) is 3.64. The zero-order valence-corrected chi connectivity index (χ0v) is 18.1. The Morgan fingerprint density at radius 2 is 1.83 bits per heavy atom. The fourth-order valence-corrected chi connectivity index (χ4v) is 4.43. The van der Waals surface area contributed by atoms with Crippen LogP contribution in [0.1, 0.15) is 30.2 Å². The van der Waals surface area contributed by atoms with Gasteiger partial charge in [0.1, 0.15) is 0 Å². The summed E-state index contributed by atoms with van der Waals surface area (Å²) in [6.07, 6.45) is 7.29. The van der Waals surface area contributed by atoms with Crippen LogP contribution in [0.5, 0.6) is 0 Å². The van der Waals surface area contributed by atoms with Crippen molar-refractivity contribution in [1.29, 1.82) is 0 Å². The van der Waals surface area contributed by atoms with E-state index in [1.807, 2.05) is 49.3 Å². The molecule has 0 N–H and O–H groups in total. The minimum Gasteiger partial charge on any atom is -0.318 e. The second-order valence-electron chi connectivity index (χ2n) is 7.37. The quantitative estimate of drug-likeness (QED) is 0.509. The molecule has 0 atom stereocenters. The van der Waals surface area contributed by atoms with Crippen molar-refractivity contribution in [3.8, 4) is 0 Å². The van der Waals surface area contributed by atoms with Crippen molar-refractivity contribution in [2.75, 3.05) is 12.8 Å². The summed E-state index contributed by atoms with van der Waals surface area (Å²) in [4.78, 5) is 6.42. The summed E-state index contributed by atoms with van der Waals surface area (Å²) in [5, 5.41) is 4.38. The molecule has 2 heterocycles. The third-order valence-corrected chi connectivity index (χ3v) is 6.53. The van der Waals surface area contributed by atoms with Gasteiger partial charge in [-0.2, -0.15) is 5.10 Å². The maximum atomic E-state index is 12.5. The Bertz CT molecular complexity index is 1020. The highest BCUT2D eigenvalue weighted by Crippen LogP contribution is 2.17. The minimum atomic E-state index is -3.37. The summed E-state index contributed by atoms with van der Waals surface area (Å²) in [7, 11) is 0.538. The van der Waals surface area contributed by atoms with Crippen LogP contribution < -0.4 is 0 Å². The highest BCUT2D eigenvalue weighted by atomic mass is 32.2. The van der Waals surface area contributed by atoms with Crippen molar-refractivity contribution in [1.82, 2.24) is 24.2 Å². The van der Waals surface area contributed by atoms with Crippen molar-refractivity contribution < 1.29 is 8.42 Å². The normalized spacial score (nSPS) is 12.0. The van der Waals surface area contributed by atoms with Crippen LogP contribution in [0.15, 0.2) is 54.1 Å². The lowest BCUT2D eigenvalue weighted by atomic mass is 10.1. The first-order valence-corrected chi connectivity index (χ1v) is 11.5. The lowest BCUT2D eigenvalue weighted by molar-refractivity contribution is 0.307. The molecule has 0 aliphatic rings. The lowest BCUT2D eigenvalue weighted by Gasteiger charge is -2.18. The first kappa shape index (κ1) is 21.3. The van der Waals surface area contributed by atoms with E-state index in [2.05, 4.69) is 27.1 Å². The van der Waals surface area contributed by atoms with Gasteiger partial charge in [0.15, 0.2) is 0 Å². The summed E-state index contributed by atoms with van der Waals surface area (Å²) in [6, 6.07) is 10.2. The molecule has 0 unspecified atom stereocenters. The van der Waals surface area contributed by atoms with Gasteiger partial charge in [-0.3, -0.25) is 9.58 Å². The van der Waals surface area contributed by atoms with Crippen LogP contribution in [0, 0.1) is 0 Å². The number of nitrogens with zero attached hydrogens (tertiary/aromatic N) is 5. The fourth-order valence-electron chi connectivity index (χ4n) is 3.42. The topological polar surface area (TPSA) is 73.0 Å². The number of sulfone groups is 1. The van der Waals surface area contributed by atoms with Gasteiger partial charge in [0.25, 0.3) is 0 Å². The predicted octanol–water partition coefficient (Wildman–Crippen LogP) is 2.68. The number of aromatic nitrogens is 4. The van der Waals surface area contributed by atoms with Crippen molar-refractivity contribution in [3.05, 3.63) is 65.7 Å². The third-order valence-electron chi connectivity index (χ3n) is 4.89. The van der Waals surface area contributed by atoms with Gasteiger partial charge in [-0.1, -0.05) is 37.3 Å². The number of aryl methyl sites for hydroxylation is 2. The summed E-state index contributed by atoms with van der Waals surface area (Å²) < 4.78 is 28.7. The van der Waals surface area contributed by atoms with Crippen molar-refractivity contribution in [3.63, 3.8) is 0 Å². The monoisotopic (exact) mass is 415 g/mol. The van der Waals surface area contributed by atoms with Crippen molar-refractivity contribution in [2.24, 2.45) is 7.05 Å². The van der Waals surface area contributed by atoms with Crippen LogP contribution in [-0.2, 0) is 42.9 Å². The van der Waals surface area contributed by atoms with E-state index in [1.54, 1.807) is 17.8 Å². The van der Waals surface area contributed by atoms with Gasteiger partial charge in [0.2, 0.25) is 15.0 Å². The maximum Gasteiger partial charge on any atom is 0.227 e. The second kappa shape index (κ2) is 9.37. The van der Waals surface area contributed by atoms with Crippen LogP contribution in [0.4, 0.5) is 0 Å². The van der Waals surface area contributed by atoms with Crippen molar-refractivity contribution in [2.45, 2.75) is 44.6 Å². The van der Waals surface area contributed by atoms with E-state index in [1.165, 1.54) is 5.56 Å². The zero-order chi connectivity index (χ0) is 20.9. The van der Waals surface area contributed by atoms with Crippen molar-refractivity contribution >= 4 is 9.84 Å². The molecule has 0 aliphatic heterocycles. The van der Waals surface area contributed by atoms with E-state index < -0.39 is 9.84 Å². The van der Waals surface area contributed by atoms with E-state index in [0.717, 1.165) is 30.6 Å². The summed E-state index contributed by atoms with van der Waals surface area (Å²) >= 11 is 0. The molecule has 3 aromatic rings. The summed E-state index contributed by atoms with van der Waals surface area (Å²) in [5.41, 5.74) is 3.28. The van der Waals surface area contributed by atoms with Crippen LogP contribution in [0.2, 0.25) is 0 Å². The highest BCUT2D eigenvalue weighted by molar-refractivity contribution is 7.91. The Morgan fingerprint density at radius 3 is 2.48 bits per heavy atom. The molecule has 0 radical (unpaired) electrons. The molecule has 7 nitrogen and oxygen atoms in total. The van der Waals surface area contributed by atoms with E-state index in [4.69, 9.17) is 0 Å². The molecule has 3 rings (SSSR count). The number of hydrogen-bond donors (Lipinski definition) is 0. The molecule has 0 saturated carbocycles. The molecule has 1 aromatic carbocycles. The van der Waals surface area contributed by atoms with E-state index in [-0.39, 0.29) is 10.9 Å². The molecule has 8 heteroatoms. The van der Waals surface area contributed by atoms with Gasteiger partial charge in [-0.25, -0.2) is 13.4 Å². The molecule has 0 amide bonds. The molecule has 0 saturated heterocycles. The van der Waals surface area contributed by atoms with E-state index in [0.29, 0.717) is 13.1 Å². The maximum absolute atomic E-state index is 12.5. The average Bonchev–Trinajstić information content (AvgIpc) is 3.29. The van der Waals surface area contributed by atoms with E-state index >= 15 is 0 Å². The molecule has 0 fully saturated rings. The van der Waals surface area contributed by atoms with Crippen LogP contribution in [0.3, 0.4) is 0 Å². The first-order valence-electron chi connectivity index (χ1n) is 9.86. The summed E-state index contributed by atoms with van der Waals surface area (Å²) in [5.74, 6) is 0.0493. The molecular weight excluding hydrogens is 386 g/mol. The molecule has 0 bridgehead atoms. The smallest absolute Gasteiger partial charge is 0.227 e. The molecule has 156 valence electrons. The largest absolute Gasteiger partial charge is 0.318 e. The number of imidazole rings is 1. The highest BCUT2D eigenvalue weighted by Gasteiger charge is 2.22. The molecule has 2 aromatic heterocycles. The van der Waals surface area contributed by atoms with Crippen LogP contribution >= 0.6 is 0 Å². The lowest BCUT2D eigenvalue weighted by Crippen LogP contribution is -2.21. The predicted molar refractivity (Wildman–Crippen MR) is 113 cm³/mol. The Balaban J connectivity index is 1.75. The Morgan fingerprint density at radius 1 is 1.07 bits per heavy atom. The second-order valence-corrected chi connectivity index (χ2v) is 9.54. The SMILES string of the molecule is CCS(=O)(=O)c1ncc(CN(C)Cc2cnn(C)c2)n1CCCc1ccccc1. The first-order chi connectivity index (χ1) is 13.9.